The van der Waals surface area contributed by atoms with Crippen molar-refractivity contribution >= 4 is 18.0 Å². The van der Waals surface area contributed by atoms with Crippen LogP contribution in [0.4, 0.5) is 4.79 Å². The Hall–Kier alpha value is -3.36. The first-order chi connectivity index (χ1) is 16.1. The summed E-state index contributed by atoms with van der Waals surface area (Å²) in [5.74, 6) is -1.00. The van der Waals surface area contributed by atoms with E-state index in [0.29, 0.717) is 31.7 Å². The number of hydrogen-bond acceptors (Lipinski definition) is 6. The Bertz CT molecular complexity index is 1050. The summed E-state index contributed by atoms with van der Waals surface area (Å²) in [4.78, 5) is 41.8. The van der Waals surface area contributed by atoms with Gasteiger partial charge in [0.1, 0.15) is 5.60 Å². The van der Waals surface area contributed by atoms with Gasteiger partial charge in [-0.15, -0.1) is 0 Å². The molecule has 9 heteroatoms. The van der Waals surface area contributed by atoms with Crippen molar-refractivity contribution in [1.29, 1.82) is 0 Å². The molecule has 1 aromatic heterocycles. The molecule has 0 bridgehead atoms. The Morgan fingerprint density at radius 1 is 1.09 bits per heavy atom. The summed E-state index contributed by atoms with van der Waals surface area (Å²) in [6.07, 6.45) is 2.88. The Morgan fingerprint density at radius 3 is 2.41 bits per heavy atom. The van der Waals surface area contributed by atoms with Gasteiger partial charge in [0.15, 0.2) is 0 Å². The quantitative estimate of drug-likeness (QED) is 0.627. The van der Waals surface area contributed by atoms with Crippen LogP contribution in [0.1, 0.15) is 43.6 Å². The number of benzene rings is 1. The lowest BCUT2D eigenvalue weighted by molar-refractivity contribution is -0.155. The number of amides is 2. The van der Waals surface area contributed by atoms with E-state index in [1.165, 1.54) is 0 Å². The van der Waals surface area contributed by atoms with E-state index in [9.17, 15) is 14.4 Å². The molecule has 4 rings (SSSR count). The molecule has 0 radical (unpaired) electrons. The zero-order valence-electron chi connectivity index (χ0n) is 20.2. The van der Waals surface area contributed by atoms with Crippen molar-refractivity contribution < 1.29 is 23.9 Å². The fraction of sp³-hybridized carbons (Fsp3) is 0.520. The largest absolute Gasteiger partial charge is 0.466 e. The molecular formula is C25H32N4O5. The molecule has 2 saturated heterocycles. The maximum Gasteiger partial charge on any atom is 0.410 e. The lowest BCUT2D eigenvalue weighted by Crippen LogP contribution is -2.64. The summed E-state index contributed by atoms with van der Waals surface area (Å²) in [5.41, 5.74) is 0.430. The molecule has 0 aliphatic carbocycles. The van der Waals surface area contributed by atoms with Gasteiger partial charge in [-0.2, -0.15) is 5.10 Å². The number of rotatable bonds is 5. The predicted molar refractivity (Wildman–Crippen MR) is 124 cm³/mol. The van der Waals surface area contributed by atoms with E-state index in [1.54, 1.807) is 33.8 Å². The molecule has 0 saturated carbocycles. The van der Waals surface area contributed by atoms with Crippen LogP contribution in [-0.2, 0) is 20.8 Å². The van der Waals surface area contributed by atoms with Crippen LogP contribution >= 0.6 is 0 Å². The first-order valence-corrected chi connectivity index (χ1v) is 11.6. The molecule has 1 aromatic carbocycles. The summed E-state index contributed by atoms with van der Waals surface area (Å²) < 4.78 is 12.5. The second kappa shape index (κ2) is 9.12. The number of carbonyl (C=O) groups excluding carboxylic acids is 3. The molecule has 3 heterocycles. The molecule has 34 heavy (non-hydrogen) atoms. The number of aromatic nitrogens is 2. The second-order valence-corrected chi connectivity index (χ2v) is 10.1. The lowest BCUT2D eigenvalue weighted by atomic mass is 9.71. The fourth-order valence-electron chi connectivity index (χ4n) is 4.69. The zero-order chi connectivity index (χ0) is 24.5. The van der Waals surface area contributed by atoms with Gasteiger partial charge in [0, 0.05) is 37.8 Å². The molecule has 1 atom stereocenters. The van der Waals surface area contributed by atoms with Gasteiger partial charge in [-0.1, -0.05) is 30.3 Å². The maximum absolute atomic E-state index is 13.3. The van der Waals surface area contributed by atoms with Crippen LogP contribution in [0.25, 0.3) is 0 Å². The molecule has 2 fully saturated rings. The molecule has 0 N–H and O–H groups in total. The predicted octanol–water partition coefficient (Wildman–Crippen LogP) is 2.80. The van der Waals surface area contributed by atoms with Gasteiger partial charge >= 0.3 is 12.1 Å². The van der Waals surface area contributed by atoms with Crippen LogP contribution in [-0.4, -0.2) is 75.9 Å². The SMILES string of the molecule is CCOC(=O)C1CN(C(=O)c2cnn(Cc3ccccc3)c2)CC12CN(C(=O)OC(C)(C)C)C2. The third kappa shape index (κ3) is 4.93. The van der Waals surface area contributed by atoms with Crippen LogP contribution < -0.4 is 0 Å². The number of likely N-dealkylation sites (tertiary alicyclic amines) is 2. The summed E-state index contributed by atoms with van der Waals surface area (Å²) in [6, 6.07) is 9.89. The van der Waals surface area contributed by atoms with Crippen LogP contribution in [0.5, 0.6) is 0 Å². The standard InChI is InChI=1S/C25H32N4O5/c1-5-33-22(31)20-14-27(15-25(20)16-28(17-25)23(32)34-24(2,3)4)21(30)19-11-26-29(13-19)12-18-9-7-6-8-10-18/h6-11,13,20H,5,12,14-17H2,1-4H3. The van der Waals surface area contributed by atoms with Crippen molar-refractivity contribution in [3.63, 3.8) is 0 Å². The second-order valence-electron chi connectivity index (χ2n) is 10.1. The summed E-state index contributed by atoms with van der Waals surface area (Å²) in [7, 11) is 0. The molecule has 2 aromatic rings. The average molecular weight is 469 g/mol. The average Bonchev–Trinajstić information content (AvgIpc) is 3.37. The minimum Gasteiger partial charge on any atom is -0.466 e. The van der Waals surface area contributed by atoms with Crippen molar-refractivity contribution in [3.05, 3.63) is 53.9 Å². The number of hydrogen-bond donors (Lipinski definition) is 0. The van der Waals surface area contributed by atoms with Crippen LogP contribution in [0.3, 0.4) is 0 Å². The van der Waals surface area contributed by atoms with Crippen LogP contribution in [0.2, 0.25) is 0 Å². The topological polar surface area (TPSA) is 94.0 Å². The molecule has 2 aliphatic heterocycles. The molecule has 2 aliphatic rings. The Balaban J connectivity index is 1.46. The number of ether oxygens (including phenoxy) is 2. The Morgan fingerprint density at radius 2 is 1.76 bits per heavy atom. The Kier molecular flexibility index (Phi) is 6.38. The van der Waals surface area contributed by atoms with Gasteiger partial charge in [-0.25, -0.2) is 4.79 Å². The normalized spacial score (nSPS) is 19.1. The zero-order valence-corrected chi connectivity index (χ0v) is 20.2. The minimum absolute atomic E-state index is 0.179. The van der Waals surface area contributed by atoms with Gasteiger partial charge in [-0.3, -0.25) is 14.3 Å². The van der Waals surface area contributed by atoms with E-state index in [0.717, 1.165) is 5.56 Å². The summed E-state index contributed by atoms with van der Waals surface area (Å²) in [5, 5.41) is 4.34. The lowest BCUT2D eigenvalue weighted by Gasteiger charge is -2.49. The number of nitrogens with zero attached hydrogens (tertiary/aromatic N) is 4. The highest BCUT2D eigenvalue weighted by atomic mass is 16.6. The molecule has 9 nitrogen and oxygen atoms in total. The van der Waals surface area contributed by atoms with E-state index in [-0.39, 0.29) is 25.0 Å². The minimum atomic E-state index is -0.599. The van der Waals surface area contributed by atoms with E-state index >= 15 is 0 Å². The van der Waals surface area contributed by atoms with Gasteiger partial charge in [0.2, 0.25) is 0 Å². The number of esters is 1. The smallest absolute Gasteiger partial charge is 0.410 e. The monoisotopic (exact) mass is 468 g/mol. The molecule has 1 unspecified atom stereocenters. The third-order valence-electron chi connectivity index (χ3n) is 6.24. The first kappa shape index (κ1) is 23.8. The highest BCUT2D eigenvalue weighted by Crippen LogP contribution is 2.45. The van der Waals surface area contributed by atoms with Crippen molar-refractivity contribution in [2.75, 3.05) is 32.8 Å². The van der Waals surface area contributed by atoms with E-state index in [4.69, 9.17) is 9.47 Å². The highest BCUT2D eigenvalue weighted by Gasteiger charge is 2.60. The van der Waals surface area contributed by atoms with E-state index in [1.807, 2.05) is 51.1 Å². The Labute approximate surface area is 199 Å². The molecule has 182 valence electrons. The molecule has 1 spiro atoms. The van der Waals surface area contributed by atoms with Crippen molar-refractivity contribution in [2.24, 2.45) is 11.3 Å². The summed E-state index contributed by atoms with van der Waals surface area (Å²) in [6.45, 7) is 9.36. The van der Waals surface area contributed by atoms with Crippen molar-refractivity contribution in [3.8, 4) is 0 Å². The first-order valence-electron chi connectivity index (χ1n) is 11.6. The van der Waals surface area contributed by atoms with E-state index < -0.39 is 23.0 Å². The van der Waals surface area contributed by atoms with E-state index in [2.05, 4.69) is 5.10 Å². The van der Waals surface area contributed by atoms with Crippen LogP contribution in [0, 0.1) is 11.3 Å². The van der Waals surface area contributed by atoms with Gasteiger partial charge in [0.25, 0.3) is 5.91 Å². The molecule has 2 amide bonds. The highest BCUT2D eigenvalue weighted by molar-refractivity contribution is 5.94. The van der Waals surface area contributed by atoms with Crippen LogP contribution in [0.15, 0.2) is 42.7 Å². The van der Waals surface area contributed by atoms with Gasteiger partial charge < -0.3 is 19.3 Å². The number of carbonyl (C=O) groups is 3. The fourth-order valence-corrected chi connectivity index (χ4v) is 4.69. The summed E-state index contributed by atoms with van der Waals surface area (Å²) >= 11 is 0. The van der Waals surface area contributed by atoms with Gasteiger partial charge in [-0.05, 0) is 33.3 Å². The van der Waals surface area contributed by atoms with Gasteiger partial charge in [0.05, 0.1) is 30.8 Å². The maximum atomic E-state index is 13.3. The molecular weight excluding hydrogens is 436 g/mol. The third-order valence-corrected chi connectivity index (χ3v) is 6.24. The van der Waals surface area contributed by atoms with Crippen molar-refractivity contribution in [2.45, 2.75) is 39.8 Å². The van der Waals surface area contributed by atoms with Crippen molar-refractivity contribution in [1.82, 2.24) is 19.6 Å².